The van der Waals surface area contributed by atoms with Crippen LogP contribution in [-0.2, 0) is 11.2 Å². The minimum atomic E-state index is -0.328. The van der Waals surface area contributed by atoms with Gasteiger partial charge in [0.05, 0.1) is 6.54 Å². The van der Waals surface area contributed by atoms with E-state index in [-0.39, 0.29) is 41.7 Å². The van der Waals surface area contributed by atoms with E-state index in [1.54, 1.807) is 6.07 Å². The first kappa shape index (κ1) is 25.9. The number of hydrogen-bond donors (Lipinski definition) is 2. The highest BCUT2D eigenvalue weighted by Crippen LogP contribution is 2.17. The van der Waals surface area contributed by atoms with Gasteiger partial charge in [-0.15, -0.1) is 24.0 Å². The average Bonchev–Trinajstić information content (AvgIpc) is 2.62. The van der Waals surface area contributed by atoms with Crippen molar-refractivity contribution in [2.45, 2.75) is 33.2 Å². The summed E-state index contributed by atoms with van der Waals surface area (Å²) in [5.74, 6) is 0.609. The summed E-state index contributed by atoms with van der Waals surface area (Å²) >= 11 is 6.09. The fraction of sp³-hybridized carbons (Fsp3) is 0.600. The van der Waals surface area contributed by atoms with Crippen LogP contribution in [-0.4, -0.2) is 73.5 Å². The van der Waals surface area contributed by atoms with Crippen LogP contribution in [0.1, 0.15) is 26.3 Å². The summed E-state index contributed by atoms with van der Waals surface area (Å²) in [5, 5.41) is 6.70. The number of halogens is 3. The van der Waals surface area contributed by atoms with E-state index in [9.17, 15) is 9.18 Å². The third kappa shape index (κ3) is 9.04. The Kier molecular flexibility index (Phi) is 11.8. The largest absolute Gasteiger partial charge is 0.357 e. The Morgan fingerprint density at radius 3 is 2.55 bits per heavy atom. The number of nitrogens with zero attached hydrogens (tertiary/aromatic N) is 3. The van der Waals surface area contributed by atoms with Crippen molar-refractivity contribution in [1.82, 2.24) is 20.4 Å². The van der Waals surface area contributed by atoms with Crippen LogP contribution >= 0.6 is 35.6 Å². The molecule has 2 rings (SSSR count). The lowest BCUT2D eigenvalue weighted by Crippen LogP contribution is -2.54. The summed E-state index contributed by atoms with van der Waals surface area (Å²) in [4.78, 5) is 21.0. The minimum Gasteiger partial charge on any atom is -0.357 e. The standard InChI is InChI=1S/C20H31ClFN5O.HI/c1-4-23-20(24-8-7-16-5-6-17(22)13-18(16)21)27-11-9-26(10-12-27)14-19(28)25-15(2)3;/h5-6,13,15H,4,7-12,14H2,1-3H3,(H,23,24)(H,25,28);1H. The maximum atomic E-state index is 13.2. The fourth-order valence-electron chi connectivity index (χ4n) is 3.12. The number of rotatable bonds is 7. The van der Waals surface area contributed by atoms with E-state index in [1.165, 1.54) is 12.1 Å². The van der Waals surface area contributed by atoms with E-state index in [2.05, 4.69) is 20.4 Å². The molecule has 6 nitrogen and oxygen atoms in total. The lowest BCUT2D eigenvalue weighted by atomic mass is 10.1. The normalized spacial score (nSPS) is 15.2. The van der Waals surface area contributed by atoms with Crippen LogP contribution in [0, 0.1) is 5.82 Å². The summed E-state index contributed by atoms with van der Waals surface area (Å²) in [6.45, 7) is 11.0. The number of nitrogens with one attached hydrogen (secondary N) is 2. The van der Waals surface area contributed by atoms with Gasteiger partial charge in [0, 0.05) is 50.3 Å². The van der Waals surface area contributed by atoms with E-state index in [0.717, 1.165) is 44.2 Å². The van der Waals surface area contributed by atoms with E-state index in [1.807, 2.05) is 20.8 Å². The van der Waals surface area contributed by atoms with Crippen molar-refractivity contribution in [3.05, 3.63) is 34.6 Å². The summed E-state index contributed by atoms with van der Waals surface area (Å²) in [5.41, 5.74) is 0.892. The molecule has 1 saturated heterocycles. The summed E-state index contributed by atoms with van der Waals surface area (Å²) in [6.07, 6.45) is 0.656. The number of hydrogen-bond acceptors (Lipinski definition) is 3. The van der Waals surface area contributed by atoms with Crippen LogP contribution in [0.5, 0.6) is 0 Å². The molecule has 0 radical (unpaired) electrons. The number of carbonyl (C=O) groups is 1. The molecule has 164 valence electrons. The first-order valence-electron chi connectivity index (χ1n) is 9.88. The van der Waals surface area contributed by atoms with Gasteiger partial charge in [0.15, 0.2) is 5.96 Å². The van der Waals surface area contributed by atoms with Gasteiger partial charge in [-0.3, -0.25) is 14.7 Å². The molecule has 0 aromatic heterocycles. The van der Waals surface area contributed by atoms with Crippen LogP contribution in [0.15, 0.2) is 23.2 Å². The van der Waals surface area contributed by atoms with Crippen molar-refractivity contribution >= 4 is 47.4 Å². The van der Waals surface area contributed by atoms with Gasteiger partial charge in [0.25, 0.3) is 0 Å². The Balaban J connectivity index is 0.00000420. The monoisotopic (exact) mass is 539 g/mol. The SMILES string of the molecule is CCNC(=NCCc1ccc(F)cc1Cl)N1CCN(CC(=O)NC(C)C)CC1.I. The second-order valence-electron chi connectivity index (χ2n) is 7.21. The van der Waals surface area contributed by atoms with Crippen LogP contribution in [0.25, 0.3) is 0 Å². The molecule has 1 aromatic carbocycles. The molecule has 0 atom stereocenters. The van der Waals surface area contributed by atoms with E-state index < -0.39 is 0 Å². The third-order valence-corrected chi connectivity index (χ3v) is 4.83. The van der Waals surface area contributed by atoms with Gasteiger partial charge in [0.2, 0.25) is 5.91 Å². The lowest BCUT2D eigenvalue weighted by molar-refractivity contribution is -0.123. The fourth-order valence-corrected chi connectivity index (χ4v) is 3.38. The van der Waals surface area contributed by atoms with Crippen LogP contribution in [0.3, 0.4) is 0 Å². The minimum absolute atomic E-state index is 0. The number of benzene rings is 1. The predicted molar refractivity (Wildman–Crippen MR) is 128 cm³/mol. The van der Waals surface area contributed by atoms with Crippen molar-refractivity contribution in [2.75, 3.05) is 45.8 Å². The average molecular weight is 540 g/mol. The number of amides is 1. The highest BCUT2D eigenvalue weighted by Gasteiger charge is 2.21. The van der Waals surface area contributed by atoms with E-state index >= 15 is 0 Å². The van der Waals surface area contributed by atoms with Gasteiger partial charge in [0.1, 0.15) is 5.82 Å². The first-order chi connectivity index (χ1) is 13.4. The summed E-state index contributed by atoms with van der Waals surface area (Å²) < 4.78 is 13.2. The Morgan fingerprint density at radius 2 is 1.97 bits per heavy atom. The summed E-state index contributed by atoms with van der Waals surface area (Å²) in [6, 6.07) is 4.63. The van der Waals surface area contributed by atoms with Crippen LogP contribution in [0.4, 0.5) is 4.39 Å². The molecule has 0 saturated carbocycles. The summed E-state index contributed by atoms with van der Waals surface area (Å²) in [7, 11) is 0. The van der Waals surface area contributed by atoms with Gasteiger partial charge in [-0.2, -0.15) is 0 Å². The molecule has 0 aliphatic carbocycles. The maximum Gasteiger partial charge on any atom is 0.234 e. The van der Waals surface area contributed by atoms with Crippen molar-refractivity contribution in [3.63, 3.8) is 0 Å². The molecule has 1 fully saturated rings. The van der Waals surface area contributed by atoms with Crippen molar-refractivity contribution in [2.24, 2.45) is 4.99 Å². The maximum absolute atomic E-state index is 13.2. The topological polar surface area (TPSA) is 60.0 Å². The number of carbonyl (C=O) groups excluding carboxylic acids is 1. The molecular weight excluding hydrogens is 508 g/mol. The Labute approximate surface area is 195 Å². The lowest BCUT2D eigenvalue weighted by Gasteiger charge is -2.36. The zero-order chi connectivity index (χ0) is 20.5. The second-order valence-corrected chi connectivity index (χ2v) is 7.61. The molecule has 0 unspecified atom stereocenters. The molecule has 1 aliphatic heterocycles. The molecule has 0 bridgehead atoms. The predicted octanol–water partition coefficient (Wildman–Crippen LogP) is 2.75. The molecular formula is C20H32ClFIN5O. The molecule has 29 heavy (non-hydrogen) atoms. The van der Waals surface area contributed by atoms with Crippen LogP contribution in [0.2, 0.25) is 5.02 Å². The zero-order valence-electron chi connectivity index (χ0n) is 17.4. The molecule has 2 N–H and O–H groups in total. The van der Waals surface area contributed by atoms with Crippen molar-refractivity contribution < 1.29 is 9.18 Å². The molecule has 1 amide bonds. The molecule has 9 heteroatoms. The van der Waals surface area contributed by atoms with E-state index in [4.69, 9.17) is 16.6 Å². The van der Waals surface area contributed by atoms with Crippen molar-refractivity contribution in [1.29, 1.82) is 0 Å². The van der Waals surface area contributed by atoms with E-state index in [0.29, 0.717) is 24.5 Å². The number of piperazine rings is 1. The molecule has 1 aliphatic rings. The quantitative estimate of drug-likeness (QED) is 0.318. The number of guanidine groups is 1. The molecule has 1 heterocycles. The molecule has 1 aromatic rings. The second kappa shape index (κ2) is 13.2. The van der Waals surface area contributed by atoms with Gasteiger partial charge in [-0.05, 0) is 44.9 Å². The highest BCUT2D eigenvalue weighted by atomic mass is 127. The van der Waals surface area contributed by atoms with Gasteiger partial charge in [-0.25, -0.2) is 4.39 Å². The Bertz CT molecular complexity index is 681. The van der Waals surface area contributed by atoms with Crippen LogP contribution < -0.4 is 10.6 Å². The smallest absolute Gasteiger partial charge is 0.234 e. The zero-order valence-corrected chi connectivity index (χ0v) is 20.5. The first-order valence-corrected chi connectivity index (χ1v) is 10.3. The van der Waals surface area contributed by atoms with Gasteiger partial charge >= 0.3 is 0 Å². The van der Waals surface area contributed by atoms with Gasteiger partial charge in [-0.1, -0.05) is 17.7 Å². The highest BCUT2D eigenvalue weighted by molar-refractivity contribution is 14.0. The third-order valence-electron chi connectivity index (χ3n) is 4.48. The molecule has 0 spiro atoms. The van der Waals surface area contributed by atoms with Gasteiger partial charge < -0.3 is 15.5 Å². The Hall–Kier alpha value is -1.13. The van der Waals surface area contributed by atoms with Crippen molar-refractivity contribution in [3.8, 4) is 0 Å². The number of aliphatic imine (C=N–C) groups is 1. The Morgan fingerprint density at radius 1 is 1.28 bits per heavy atom.